The second-order valence-corrected chi connectivity index (χ2v) is 37.1. The molecule has 0 radical (unpaired) electrons. The number of carbonyl (C=O) groups is 3. The normalized spacial score (nSPS) is 14.0. The number of rotatable bonds is 20. The summed E-state index contributed by atoms with van der Waals surface area (Å²) in [7, 11) is 0. The van der Waals surface area contributed by atoms with Gasteiger partial charge in [-0.05, 0) is 309 Å². The Bertz CT molecular complexity index is 7360. The van der Waals surface area contributed by atoms with E-state index < -0.39 is 77.1 Å². The summed E-state index contributed by atoms with van der Waals surface area (Å²) in [6.07, 6.45) is -6.77. The molecule has 3 atom stereocenters. The molecule has 0 amide bonds. The fourth-order valence-electron chi connectivity index (χ4n) is 18.2. The van der Waals surface area contributed by atoms with Gasteiger partial charge in [0.2, 0.25) is 5.88 Å². The van der Waals surface area contributed by atoms with Crippen molar-refractivity contribution >= 4 is 82.8 Å². The first-order chi connectivity index (χ1) is 64.2. The minimum Gasteiger partial charge on any atom is -0.493 e. The van der Waals surface area contributed by atoms with Crippen LogP contribution in [-0.2, 0) is 79.9 Å². The highest BCUT2D eigenvalue weighted by molar-refractivity contribution is 6.12. The minimum absolute atomic E-state index is 0.0512. The summed E-state index contributed by atoms with van der Waals surface area (Å²) >= 11 is 0. The molecule has 702 valence electrons. The molecule has 3 aliphatic rings. The number of ketones is 3. The molecule has 0 unspecified atom stereocenters. The average Bonchev–Trinajstić information content (AvgIpc) is 0.739. The summed E-state index contributed by atoms with van der Waals surface area (Å²) < 4.78 is 171. The lowest BCUT2D eigenvalue weighted by atomic mass is 9.85. The van der Waals surface area contributed by atoms with Gasteiger partial charge >= 0.3 is 18.7 Å². The molecule has 3 aliphatic heterocycles. The third-order valence-corrected chi connectivity index (χ3v) is 23.8. The first kappa shape index (κ1) is 95.4. The van der Waals surface area contributed by atoms with Crippen molar-refractivity contribution in [1.29, 1.82) is 0 Å². The van der Waals surface area contributed by atoms with Gasteiger partial charge in [0.25, 0.3) is 11.1 Å². The molecule has 0 saturated carbocycles. The van der Waals surface area contributed by atoms with E-state index in [4.69, 9.17) is 53.1 Å². The standard InChI is InChI=1S/C37H32F6N2O4.C36H33F3N2O5.C34H33N3O4/c1-19-14-27-25(7-9-29(47)45(27)18-21-15-23(36(38,39)40)17-24(16-21)37(41,42)43)32(30(19)34(20(2)46)49-35(3,4)5)26-6-8-28-31-22(11-13-48-28)10-12-44-33(26)31;1-20-18-26-24(11-13-29(41-26)44-19-23-8-6-7-9-27(23)45-36(37,38)39)32(30(20)34(21(2)42)46-35(3,4)5)25-10-12-28-31-22(15-17-43-28)14-16-40-33(25)31;1-20-18-26-24(7-9-28(39)37(26)19-22-10-14-35-15-11-22)31(29(20)33(21(2)38)41-34(3,4)5)25-6-8-27-30-23(13-17-40-27)12-16-36-32(25)30/h6-10,12,14-17,34H,11,13,18H2,1-5H3;6-14,16,18,34H,15,17,19H2,1-5H3;6-12,14-16,18,33H,13,17,19H2,1-5H3/t2*34-;33-/m111/s1. The summed E-state index contributed by atoms with van der Waals surface area (Å²) in [5.41, 5.74) is 10.7. The van der Waals surface area contributed by atoms with Crippen molar-refractivity contribution in [1.82, 2.24) is 34.1 Å². The maximum absolute atomic E-state index is 13.7. The topological polar surface area (TPSA) is 233 Å². The van der Waals surface area contributed by atoms with Gasteiger partial charge in [0.15, 0.2) is 17.3 Å². The first-order valence-electron chi connectivity index (χ1n) is 44.3. The Kier molecular flexibility index (Phi) is 26.0. The van der Waals surface area contributed by atoms with Gasteiger partial charge in [0.1, 0.15) is 47.9 Å². The number of alkyl halides is 9. The Morgan fingerprint density at radius 3 is 1.20 bits per heavy atom. The van der Waals surface area contributed by atoms with Crippen molar-refractivity contribution in [3.63, 3.8) is 0 Å². The van der Waals surface area contributed by atoms with Gasteiger partial charge < -0.3 is 47.0 Å². The maximum Gasteiger partial charge on any atom is 0.573 e. The number of ether oxygens (including phenoxy) is 8. The number of Topliss-reactive ketones (excluding diaryl/α,β-unsaturated/α-hetero) is 3. The molecule has 7 aromatic heterocycles. The van der Waals surface area contributed by atoms with Crippen LogP contribution in [0.5, 0.6) is 28.9 Å². The van der Waals surface area contributed by atoms with Gasteiger partial charge in [-0.25, -0.2) is 4.98 Å². The number of hydrogen-bond acceptors (Lipinski definition) is 18. The Morgan fingerprint density at radius 2 is 0.809 bits per heavy atom. The van der Waals surface area contributed by atoms with Crippen LogP contribution < -0.4 is 34.8 Å². The predicted molar refractivity (Wildman–Crippen MR) is 501 cm³/mol. The van der Waals surface area contributed by atoms with Crippen LogP contribution in [-0.4, -0.2) is 94.4 Å². The quantitative estimate of drug-likeness (QED) is 0.0645. The van der Waals surface area contributed by atoms with Crippen LogP contribution in [0.3, 0.4) is 0 Å². The summed E-state index contributed by atoms with van der Waals surface area (Å²) in [4.78, 5) is 89.7. The number of halogens is 9. The van der Waals surface area contributed by atoms with E-state index in [9.17, 15) is 63.5 Å². The van der Waals surface area contributed by atoms with Crippen LogP contribution in [0.2, 0.25) is 0 Å². The van der Waals surface area contributed by atoms with E-state index in [0.29, 0.717) is 94.9 Å². The van der Waals surface area contributed by atoms with Crippen molar-refractivity contribution < 1.29 is 91.8 Å². The number of aromatic nitrogens is 7. The van der Waals surface area contributed by atoms with E-state index in [1.165, 1.54) is 43.7 Å². The molecule has 0 saturated heterocycles. The van der Waals surface area contributed by atoms with Crippen LogP contribution >= 0.6 is 0 Å². The summed E-state index contributed by atoms with van der Waals surface area (Å²) in [6, 6.07) is 43.5. The van der Waals surface area contributed by atoms with E-state index in [1.807, 2.05) is 161 Å². The smallest absolute Gasteiger partial charge is 0.493 e. The molecule has 29 heteroatoms. The lowest BCUT2D eigenvalue weighted by Crippen LogP contribution is -2.28. The van der Waals surface area contributed by atoms with Crippen LogP contribution in [0.4, 0.5) is 39.5 Å². The second kappa shape index (κ2) is 37.1. The molecule has 18 rings (SSSR count). The molecular formula is C107H98F9N7O13. The molecule has 10 heterocycles. The zero-order valence-corrected chi connectivity index (χ0v) is 77.4. The predicted octanol–water partition coefficient (Wildman–Crippen LogP) is 24.0. The van der Waals surface area contributed by atoms with E-state index in [0.717, 1.165) is 128 Å². The molecule has 0 bridgehead atoms. The van der Waals surface area contributed by atoms with Crippen LogP contribution in [0, 0.1) is 20.8 Å². The van der Waals surface area contributed by atoms with Gasteiger partial charge in [-0.2, -0.15) is 26.3 Å². The monoisotopic (exact) mass is 1860 g/mol. The highest BCUT2D eigenvalue weighted by Gasteiger charge is 2.41. The molecule has 136 heavy (non-hydrogen) atoms. The number of fused-ring (bicyclic) bond motifs is 3. The summed E-state index contributed by atoms with van der Waals surface area (Å²) in [5, 5.41) is 4.69. The van der Waals surface area contributed by atoms with Gasteiger partial charge in [0, 0.05) is 123 Å². The second-order valence-electron chi connectivity index (χ2n) is 37.1. The Labute approximate surface area is 776 Å². The van der Waals surface area contributed by atoms with Crippen LogP contribution in [0.1, 0.15) is 179 Å². The van der Waals surface area contributed by atoms with Crippen molar-refractivity contribution in [3.8, 4) is 62.3 Å². The van der Waals surface area contributed by atoms with Crippen molar-refractivity contribution in [2.45, 2.75) is 197 Å². The van der Waals surface area contributed by atoms with Gasteiger partial charge in [-0.15, -0.1) is 13.2 Å². The van der Waals surface area contributed by atoms with E-state index in [-0.39, 0.29) is 63.9 Å². The van der Waals surface area contributed by atoms with Gasteiger partial charge in [-0.3, -0.25) is 43.9 Å². The Hall–Kier alpha value is -13.8. The number of pyridine rings is 7. The Morgan fingerprint density at radius 1 is 0.426 bits per heavy atom. The molecule has 8 aromatic carbocycles. The number of para-hydroxylation sites is 1. The maximum atomic E-state index is 13.7. The highest BCUT2D eigenvalue weighted by atomic mass is 19.4. The van der Waals surface area contributed by atoms with Crippen LogP contribution in [0.15, 0.2) is 204 Å². The molecule has 0 aliphatic carbocycles. The van der Waals surface area contributed by atoms with E-state index in [2.05, 4.69) is 9.72 Å². The third kappa shape index (κ3) is 20.0. The largest absolute Gasteiger partial charge is 0.573 e. The molecule has 0 fully saturated rings. The van der Waals surface area contributed by atoms with Crippen LogP contribution in [0.25, 0.3) is 98.8 Å². The van der Waals surface area contributed by atoms with Gasteiger partial charge in [0.05, 0.1) is 93.9 Å². The SMILES string of the molecule is CC(=O)[C@@H](OC(C)(C)C)c1c(C)cc2c(ccc(=O)n2Cc2cc(C(F)(F)F)cc(C(F)(F)F)c2)c1-c1ccc2c3c(ccnc13)CCO2.CC(=O)[C@@H](OC(C)(C)C)c1c(C)cc2c(ccc(=O)n2Cc2ccncc2)c1-c1ccc2c3c(ccnc13)CCO2.CC(=O)[C@@H](OC(C)(C)C)c1c(C)cc2nc(OCc3ccccc3OC(F)(F)F)ccc2c1-c1ccc2c3c(ccnc13)CCO2. The highest BCUT2D eigenvalue weighted by Crippen LogP contribution is 2.51. The zero-order valence-electron chi connectivity index (χ0n) is 77.4. The number of aryl methyl sites for hydroxylation is 3. The van der Waals surface area contributed by atoms with Crippen molar-refractivity contribution in [2.24, 2.45) is 0 Å². The lowest BCUT2D eigenvalue weighted by Gasteiger charge is -2.30. The zero-order chi connectivity index (χ0) is 97.3. The lowest BCUT2D eigenvalue weighted by molar-refractivity contribution is -0.275. The molecule has 20 nitrogen and oxygen atoms in total. The van der Waals surface area contributed by atoms with E-state index in [1.54, 1.807) is 85.7 Å². The summed E-state index contributed by atoms with van der Waals surface area (Å²) in [5.74, 6) is 1.52. The van der Waals surface area contributed by atoms with E-state index >= 15 is 0 Å². The molecule has 15 aromatic rings. The average molecular weight is 1860 g/mol. The fraction of sp³-hybridized carbons (Fsp3) is 0.308. The Balaban J connectivity index is 0.000000148. The first-order valence-corrected chi connectivity index (χ1v) is 44.3. The summed E-state index contributed by atoms with van der Waals surface area (Å²) in [6.45, 7) is 28.4. The molecule has 0 N–H and O–H groups in total. The molecule has 0 spiro atoms. The number of hydrogen-bond donors (Lipinski definition) is 0. The van der Waals surface area contributed by atoms with Crippen molar-refractivity contribution in [2.75, 3.05) is 19.8 Å². The van der Waals surface area contributed by atoms with Gasteiger partial charge in [-0.1, -0.05) is 18.2 Å². The number of benzene rings is 8. The minimum atomic E-state index is -5.06. The third-order valence-electron chi connectivity index (χ3n) is 23.8. The molecular weight excluding hydrogens is 1760 g/mol. The number of carbonyl (C=O) groups excluding carboxylic acids is 3. The fourth-order valence-corrected chi connectivity index (χ4v) is 18.2. The van der Waals surface area contributed by atoms with Crippen molar-refractivity contribution in [3.05, 3.63) is 293 Å². The number of nitrogens with zero attached hydrogens (tertiary/aromatic N) is 7.